The number of amides is 1. The highest BCUT2D eigenvalue weighted by Crippen LogP contribution is 2.32. The monoisotopic (exact) mass is 434 g/mol. The highest BCUT2D eigenvalue weighted by Gasteiger charge is 2.08. The zero-order valence-corrected chi connectivity index (χ0v) is 17.1. The van der Waals surface area contributed by atoms with Crippen LogP contribution in [0.4, 0.5) is 5.95 Å². The molecule has 3 rings (SSSR count). The van der Waals surface area contributed by atoms with Crippen molar-refractivity contribution in [3.8, 4) is 5.88 Å². The number of nitrogens with zero attached hydrogens (tertiary/aromatic N) is 2. The highest BCUT2D eigenvalue weighted by atomic mass is 35.5. The minimum absolute atomic E-state index is 0.231. The largest absolute Gasteiger partial charge is 0.481 e. The van der Waals surface area contributed by atoms with Crippen molar-refractivity contribution in [1.29, 1.82) is 0 Å². The molecule has 0 radical (unpaired) electrons. The fraction of sp³-hybridized carbons (Fsp3) is 0.105. The Bertz CT molecular complexity index is 988. The molecule has 2 aromatic carbocycles. The van der Waals surface area contributed by atoms with E-state index in [1.165, 1.54) is 13.3 Å². The molecule has 0 aliphatic heterocycles. The van der Waals surface area contributed by atoms with Crippen LogP contribution in [-0.2, 0) is 5.75 Å². The van der Waals surface area contributed by atoms with Gasteiger partial charge in [0.1, 0.15) is 0 Å². The van der Waals surface area contributed by atoms with Gasteiger partial charge in [-0.05, 0) is 35.9 Å². The number of aromatic nitrogens is 2. The zero-order chi connectivity index (χ0) is 19.9. The van der Waals surface area contributed by atoms with E-state index in [1.54, 1.807) is 36.0 Å². The maximum Gasteiger partial charge on any atom is 0.269 e. The van der Waals surface area contributed by atoms with Crippen LogP contribution in [0.15, 0.2) is 59.6 Å². The van der Waals surface area contributed by atoms with Crippen LogP contribution in [0.5, 0.6) is 5.88 Å². The number of hydrogen-bond acceptors (Lipinski definition) is 6. The quantitative estimate of drug-likeness (QED) is 0.409. The summed E-state index contributed by atoms with van der Waals surface area (Å²) in [7, 11) is 1.50. The average molecular weight is 435 g/mol. The third-order valence-electron chi connectivity index (χ3n) is 3.60. The molecule has 28 heavy (non-hydrogen) atoms. The molecule has 0 bridgehead atoms. The molecule has 0 atom stereocenters. The molecule has 1 heterocycles. The summed E-state index contributed by atoms with van der Waals surface area (Å²) in [6, 6.07) is 14.3. The van der Waals surface area contributed by atoms with Gasteiger partial charge in [-0.2, -0.15) is 4.98 Å². The SMILES string of the molecule is COc1ccnc(NNC(=O)c2cccc(CSc3cc(Cl)ccc3Cl)c2)n1. The van der Waals surface area contributed by atoms with Gasteiger partial charge in [-0.1, -0.05) is 35.3 Å². The molecule has 1 aromatic heterocycles. The van der Waals surface area contributed by atoms with Gasteiger partial charge in [0.2, 0.25) is 11.8 Å². The molecule has 3 aromatic rings. The Labute approximate surface area is 176 Å². The van der Waals surface area contributed by atoms with Crippen molar-refractivity contribution in [2.24, 2.45) is 0 Å². The molecular formula is C19H16Cl2N4O2S. The fourth-order valence-corrected chi connectivity index (χ4v) is 3.69. The Morgan fingerprint density at radius 1 is 1.18 bits per heavy atom. The van der Waals surface area contributed by atoms with Crippen molar-refractivity contribution in [3.05, 3.63) is 75.9 Å². The number of methoxy groups -OCH3 is 1. The predicted octanol–water partition coefficient (Wildman–Crippen LogP) is 4.84. The Morgan fingerprint density at radius 3 is 2.86 bits per heavy atom. The summed E-state index contributed by atoms with van der Waals surface area (Å²) in [5, 5.41) is 1.27. The fourth-order valence-electron chi connectivity index (χ4n) is 2.25. The van der Waals surface area contributed by atoms with E-state index in [4.69, 9.17) is 27.9 Å². The number of rotatable bonds is 7. The number of thioether (sulfide) groups is 1. The minimum atomic E-state index is -0.306. The summed E-state index contributed by atoms with van der Waals surface area (Å²) in [6.45, 7) is 0. The topological polar surface area (TPSA) is 76.1 Å². The lowest BCUT2D eigenvalue weighted by molar-refractivity contribution is 0.0962. The zero-order valence-electron chi connectivity index (χ0n) is 14.8. The molecule has 1 amide bonds. The van der Waals surface area contributed by atoms with Crippen molar-refractivity contribution >= 4 is 46.8 Å². The van der Waals surface area contributed by atoms with Crippen LogP contribution in [0, 0.1) is 0 Å². The summed E-state index contributed by atoms with van der Waals surface area (Å²) in [5.74, 6) is 0.965. The first-order valence-corrected chi connectivity index (χ1v) is 9.89. The first-order chi connectivity index (χ1) is 13.5. The molecule has 6 nitrogen and oxygen atoms in total. The number of hydrazine groups is 1. The Morgan fingerprint density at radius 2 is 2.04 bits per heavy atom. The summed E-state index contributed by atoms with van der Waals surface area (Å²) >= 11 is 13.8. The second kappa shape index (κ2) is 9.64. The molecule has 0 saturated carbocycles. The molecule has 0 aliphatic rings. The van der Waals surface area contributed by atoms with Gasteiger partial charge < -0.3 is 4.74 Å². The third-order valence-corrected chi connectivity index (χ3v) is 5.41. The number of nitrogens with one attached hydrogen (secondary N) is 2. The lowest BCUT2D eigenvalue weighted by Crippen LogP contribution is -2.30. The van der Waals surface area contributed by atoms with E-state index in [0.29, 0.717) is 27.2 Å². The molecular weight excluding hydrogens is 419 g/mol. The van der Waals surface area contributed by atoms with Gasteiger partial charge in [-0.25, -0.2) is 4.98 Å². The summed E-state index contributed by atoms with van der Waals surface area (Å²) in [5.41, 5.74) is 6.72. The van der Waals surface area contributed by atoms with Crippen LogP contribution in [0.1, 0.15) is 15.9 Å². The van der Waals surface area contributed by atoms with E-state index in [9.17, 15) is 4.79 Å². The molecule has 0 unspecified atom stereocenters. The van der Waals surface area contributed by atoms with Crippen LogP contribution >= 0.6 is 35.0 Å². The predicted molar refractivity (Wildman–Crippen MR) is 112 cm³/mol. The highest BCUT2D eigenvalue weighted by molar-refractivity contribution is 7.98. The summed E-state index contributed by atoms with van der Waals surface area (Å²) in [6.07, 6.45) is 1.53. The van der Waals surface area contributed by atoms with Gasteiger partial charge in [-0.3, -0.25) is 15.6 Å². The first-order valence-electron chi connectivity index (χ1n) is 8.15. The van der Waals surface area contributed by atoms with E-state index >= 15 is 0 Å². The molecule has 0 fully saturated rings. The van der Waals surface area contributed by atoms with Gasteiger partial charge in [-0.15, -0.1) is 11.8 Å². The van der Waals surface area contributed by atoms with E-state index in [0.717, 1.165) is 10.5 Å². The van der Waals surface area contributed by atoms with Gasteiger partial charge in [0.25, 0.3) is 5.91 Å². The van der Waals surface area contributed by atoms with Crippen LogP contribution < -0.4 is 15.6 Å². The van der Waals surface area contributed by atoms with Crippen molar-refractivity contribution < 1.29 is 9.53 Å². The smallest absolute Gasteiger partial charge is 0.269 e. The standard InChI is InChI=1S/C19H16Cl2N4O2S/c1-27-17-7-8-22-19(23-17)25-24-18(26)13-4-2-3-12(9-13)11-28-16-10-14(20)5-6-15(16)21/h2-10H,11H2,1H3,(H,24,26)(H,22,23,25). The second-order valence-corrected chi connectivity index (χ2v) is 7.43. The second-order valence-electron chi connectivity index (χ2n) is 5.57. The van der Waals surface area contributed by atoms with E-state index in [-0.39, 0.29) is 11.9 Å². The number of carbonyl (C=O) groups excluding carboxylic acids is 1. The average Bonchev–Trinajstić information content (AvgIpc) is 2.73. The molecule has 0 aliphatic carbocycles. The summed E-state index contributed by atoms with van der Waals surface area (Å²) < 4.78 is 5.02. The number of benzene rings is 2. The van der Waals surface area contributed by atoms with Crippen LogP contribution in [0.3, 0.4) is 0 Å². The van der Waals surface area contributed by atoms with Crippen molar-refractivity contribution in [2.75, 3.05) is 12.5 Å². The molecule has 0 spiro atoms. The van der Waals surface area contributed by atoms with Crippen molar-refractivity contribution in [3.63, 3.8) is 0 Å². The van der Waals surface area contributed by atoms with E-state index in [2.05, 4.69) is 20.8 Å². The Hall–Kier alpha value is -2.48. The first kappa shape index (κ1) is 20.3. The van der Waals surface area contributed by atoms with E-state index < -0.39 is 0 Å². The summed E-state index contributed by atoms with van der Waals surface area (Å²) in [4.78, 5) is 21.4. The maximum atomic E-state index is 12.4. The van der Waals surface area contributed by atoms with Gasteiger partial charge in [0.05, 0.1) is 12.1 Å². The molecule has 0 saturated heterocycles. The number of carbonyl (C=O) groups is 1. The minimum Gasteiger partial charge on any atom is -0.481 e. The van der Waals surface area contributed by atoms with E-state index in [1.807, 2.05) is 24.3 Å². The van der Waals surface area contributed by atoms with Gasteiger partial charge >= 0.3 is 0 Å². The number of hydrogen-bond donors (Lipinski definition) is 2. The normalized spacial score (nSPS) is 10.4. The van der Waals surface area contributed by atoms with Gasteiger partial charge in [0, 0.05) is 33.5 Å². The molecule has 144 valence electrons. The number of halogens is 2. The van der Waals surface area contributed by atoms with Crippen LogP contribution in [-0.4, -0.2) is 23.0 Å². The maximum absolute atomic E-state index is 12.4. The van der Waals surface area contributed by atoms with Crippen LogP contribution in [0.2, 0.25) is 10.0 Å². The third kappa shape index (κ3) is 5.51. The lowest BCUT2D eigenvalue weighted by Gasteiger charge is -2.09. The molecule has 9 heteroatoms. The lowest BCUT2D eigenvalue weighted by atomic mass is 10.1. The van der Waals surface area contributed by atoms with Crippen molar-refractivity contribution in [1.82, 2.24) is 15.4 Å². The van der Waals surface area contributed by atoms with Crippen molar-refractivity contribution in [2.45, 2.75) is 10.6 Å². The number of anilines is 1. The Kier molecular flexibility index (Phi) is 6.97. The molecule has 2 N–H and O–H groups in total. The van der Waals surface area contributed by atoms with Crippen LogP contribution in [0.25, 0.3) is 0 Å². The Balaban J connectivity index is 1.61. The van der Waals surface area contributed by atoms with Gasteiger partial charge in [0.15, 0.2) is 0 Å². The number of ether oxygens (including phenoxy) is 1.